The topological polar surface area (TPSA) is 93.2 Å². The minimum Gasteiger partial charge on any atom is -0.477 e. The first-order chi connectivity index (χ1) is 12.0. The van der Waals surface area contributed by atoms with E-state index in [-0.39, 0.29) is 17.1 Å². The predicted octanol–water partition coefficient (Wildman–Crippen LogP) is 3.47. The van der Waals surface area contributed by atoms with Gasteiger partial charge in [0.2, 0.25) is 0 Å². The molecule has 7 nitrogen and oxygen atoms in total. The first-order valence-corrected chi connectivity index (χ1v) is 8.12. The molecule has 0 unspecified atom stereocenters. The van der Waals surface area contributed by atoms with Crippen molar-refractivity contribution in [2.75, 3.05) is 11.9 Å². The van der Waals surface area contributed by atoms with E-state index >= 15 is 0 Å². The lowest BCUT2D eigenvalue weighted by Crippen LogP contribution is -2.08. The Kier molecular flexibility index (Phi) is 5.04. The normalized spacial score (nSPS) is 10.8. The Morgan fingerprint density at radius 2 is 2.12 bits per heavy atom. The second-order valence-corrected chi connectivity index (χ2v) is 6.04. The largest absolute Gasteiger partial charge is 0.477 e. The van der Waals surface area contributed by atoms with Crippen molar-refractivity contribution in [1.29, 1.82) is 0 Å². The maximum absolute atomic E-state index is 11.6. The van der Waals surface area contributed by atoms with Gasteiger partial charge in [-0.15, -0.1) is 0 Å². The monoisotopic (exact) mass is 360 g/mol. The lowest BCUT2D eigenvalue weighted by atomic mass is 10.1. The number of nitrogens with one attached hydrogen (secondary N) is 1. The number of benzene rings is 1. The Bertz CT molecular complexity index is 870. The van der Waals surface area contributed by atoms with Crippen molar-refractivity contribution in [1.82, 2.24) is 14.9 Å². The van der Waals surface area contributed by atoms with Gasteiger partial charge in [0.1, 0.15) is 0 Å². The minimum absolute atomic E-state index is 0.0173. The molecule has 0 aliphatic heterocycles. The average molecular weight is 361 g/mol. The van der Waals surface area contributed by atoms with Crippen LogP contribution < -0.4 is 5.32 Å². The molecule has 130 valence electrons. The number of anilines is 1. The molecular weight excluding hydrogens is 344 g/mol. The summed E-state index contributed by atoms with van der Waals surface area (Å²) < 4.78 is 7.00. The van der Waals surface area contributed by atoms with Gasteiger partial charge in [0.05, 0.1) is 6.20 Å². The molecule has 0 saturated heterocycles. The highest BCUT2D eigenvalue weighted by Crippen LogP contribution is 2.30. The molecule has 1 aromatic carbocycles. The summed E-state index contributed by atoms with van der Waals surface area (Å²) >= 11 is 5.86. The molecule has 0 fully saturated rings. The van der Waals surface area contributed by atoms with E-state index in [1.807, 2.05) is 19.4 Å². The van der Waals surface area contributed by atoms with Crippen LogP contribution in [0.25, 0.3) is 11.3 Å². The average Bonchev–Trinajstić information content (AvgIpc) is 3.18. The number of hydrogen-bond acceptors (Lipinski definition) is 5. The van der Waals surface area contributed by atoms with Gasteiger partial charge in [0.25, 0.3) is 0 Å². The van der Waals surface area contributed by atoms with Crippen molar-refractivity contribution >= 4 is 23.4 Å². The van der Waals surface area contributed by atoms with E-state index in [0.717, 1.165) is 18.4 Å². The molecule has 0 radical (unpaired) electrons. The molecule has 0 spiro atoms. The highest BCUT2D eigenvalue weighted by Gasteiger charge is 2.23. The van der Waals surface area contributed by atoms with Crippen LogP contribution in [0.15, 0.2) is 41.2 Å². The Morgan fingerprint density at radius 1 is 1.36 bits per heavy atom. The van der Waals surface area contributed by atoms with Crippen molar-refractivity contribution < 1.29 is 14.4 Å². The van der Waals surface area contributed by atoms with Crippen LogP contribution in [0.5, 0.6) is 0 Å². The number of aromatic carboxylic acids is 1. The molecule has 25 heavy (non-hydrogen) atoms. The lowest BCUT2D eigenvalue weighted by molar-refractivity contribution is 0.0698. The smallest absolute Gasteiger partial charge is 0.343 e. The fraction of sp³-hybridized carbons (Fsp3) is 0.235. The van der Waals surface area contributed by atoms with E-state index in [2.05, 4.69) is 15.6 Å². The van der Waals surface area contributed by atoms with Crippen LogP contribution in [-0.4, -0.2) is 32.6 Å². The number of hydrogen-bond donors (Lipinski definition) is 2. The number of carboxylic acid groups (broad SMARTS) is 1. The molecule has 0 saturated carbocycles. The number of aromatic nitrogens is 3. The molecule has 3 rings (SSSR count). The summed E-state index contributed by atoms with van der Waals surface area (Å²) in [5.74, 6) is -0.663. The van der Waals surface area contributed by atoms with Crippen molar-refractivity contribution in [3.63, 3.8) is 0 Å². The quantitative estimate of drug-likeness (QED) is 0.626. The number of halogens is 1. The van der Waals surface area contributed by atoms with Crippen LogP contribution in [-0.2, 0) is 13.5 Å². The van der Waals surface area contributed by atoms with Gasteiger partial charge in [-0.3, -0.25) is 4.68 Å². The molecule has 3 aromatic rings. The number of rotatable bonds is 7. The van der Waals surface area contributed by atoms with Gasteiger partial charge < -0.3 is 14.9 Å². The predicted molar refractivity (Wildman–Crippen MR) is 93.9 cm³/mol. The first-order valence-electron chi connectivity index (χ1n) is 7.75. The zero-order chi connectivity index (χ0) is 17.8. The third-order valence-electron chi connectivity index (χ3n) is 3.71. The Labute approximate surface area is 149 Å². The van der Waals surface area contributed by atoms with Crippen molar-refractivity contribution in [2.45, 2.75) is 12.8 Å². The first kappa shape index (κ1) is 17.0. The molecule has 0 amide bonds. The summed E-state index contributed by atoms with van der Waals surface area (Å²) in [4.78, 5) is 11.6. The summed E-state index contributed by atoms with van der Waals surface area (Å²) in [5.41, 5.74) is 1.76. The second kappa shape index (κ2) is 7.40. The molecule has 0 aliphatic carbocycles. The Hall–Kier alpha value is -2.80. The second-order valence-electron chi connectivity index (χ2n) is 5.60. The van der Waals surface area contributed by atoms with Gasteiger partial charge in [0.15, 0.2) is 17.1 Å². The van der Waals surface area contributed by atoms with Crippen LogP contribution in [0.2, 0.25) is 5.02 Å². The molecular formula is C17H17ClN4O3. The number of nitrogens with zero attached hydrogens (tertiary/aromatic N) is 3. The van der Waals surface area contributed by atoms with Crippen LogP contribution in [0, 0.1) is 0 Å². The van der Waals surface area contributed by atoms with Gasteiger partial charge >= 0.3 is 5.97 Å². The number of carbonyl (C=O) groups is 1. The summed E-state index contributed by atoms with van der Waals surface area (Å²) in [5, 5.41) is 21.1. The maximum Gasteiger partial charge on any atom is 0.343 e. The van der Waals surface area contributed by atoms with Crippen molar-refractivity contribution in [3.8, 4) is 11.3 Å². The summed E-state index contributed by atoms with van der Waals surface area (Å²) in [6.45, 7) is 0.571. The molecule has 0 atom stereocenters. The van der Waals surface area contributed by atoms with E-state index in [0.29, 0.717) is 17.1 Å². The molecule has 8 heteroatoms. The van der Waals surface area contributed by atoms with Gasteiger partial charge in [-0.25, -0.2) is 4.79 Å². The van der Waals surface area contributed by atoms with Gasteiger partial charge in [-0.1, -0.05) is 16.8 Å². The van der Waals surface area contributed by atoms with E-state index < -0.39 is 5.97 Å². The third-order valence-corrected chi connectivity index (χ3v) is 3.96. The molecule has 2 heterocycles. The number of carboxylic acids is 1. The van der Waals surface area contributed by atoms with Crippen molar-refractivity contribution in [2.24, 2.45) is 7.05 Å². The molecule has 2 N–H and O–H groups in total. The van der Waals surface area contributed by atoms with E-state index in [1.165, 1.54) is 0 Å². The van der Waals surface area contributed by atoms with Gasteiger partial charge in [-0.2, -0.15) is 5.10 Å². The van der Waals surface area contributed by atoms with Gasteiger partial charge in [-0.05, 0) is 42.7 Å². The standard InChI is InChI=1S/C17H17ClN4O3/c1-22-10-11(9-20-22)3-2-8-19-16-14(17(23)24)15(25-21-16)12-4-6-13(18)7-5-12/h4-7,9-10H,2-3,8H2,1H3,(H,19,21)(H,23,24). The SMILES string of the molecule is Cn1cc(CCCNc2noc(-c3ccc(Cl)cc3)c2C(=O)O)cn1. The fourth-order valence-electron chi connectivity index (χ4n) is 2.51. The highest BCUT2D eigenvalue weighted by molar-refractivity contribution is 6.30. The summed E-state index contributed by atoms with van der Waals surface area (Å²) in [6, 6.07) is 6.74. The fourth-order valence-corrected chi connectivity index (χ4v) is 2.63. The molecule has 0 bridgehead atoms. The lowest BCUT2D eigenvalue weighted by Gasteiger charge is -2.03. The summed E-state index contributed by atoms with van der Waals surface area (Å²) in [7, 11) is 1.87. The molecule has 2 aromatic heterocycles. The van der Waals surface area contributed by atoms with E-state index in [4.69, 9.17) is 16.1 Å². The zero-order valence-corrected chi connectivity index (χ0v) is 14.3. The molecule has 0 aliphatic rings. The van der Waals surface area contributed by atoms with E-state index in [1.54, 1.807) is 28.9 Å². The van der Waals surface area contributed by atoms with Crippen LogP contribution in [0.4, 0.5) is 5.82 Å². The highest BCUT2D eigenvalue weighted by atomic mass is 35.5. The number of aryl methyl sites for hydroxylation is 2. The van der Waals surface area contributed by atoms with Crippen LogP contribution in [0.1, 0.15) is 22.3 Å². The van der Waals surface area contributed by atoms with Crippen LogP contribution in [0.3, 0.4) is 0 Å². The minimum atomic E-state index is -1.10. The Morgan fingerprint density at radius 3 is 2.76 bits per heavy atom. The zero-order valence-electron chi connectivity index (χ0n) is 13.6. The van der Waals surface area contributed by atoms with Crippen molar-refractivity contribution in [3.05, 3.63) is 52.8 Å². The van der Waals surface area contributed by atoms with Gasteiger partial charge in [0, 0.05) is 30.4 Å². The maximum atomic E-state index is 11.6. The van der Waals surface area contributed by atoms with Crippen LogP contribution >= 0.6 is 11.6 Å². The Balaban J connectivity index is 1.69. The third kappa shape index (κ3) is 4.00. The summed E-state index contributed by atoms with van der Waals surface area (Å²) in [6.07, 6.45) is 5.42. The van der Waals surface area contributed by atoms with E-state index in [9.17, 15) is 9.90 Å².